The van der Waals surface area contributed by atoms with Crippen molar-refractivity contribution in [2.24, 2.45) is 11.8 Å². The number of anilines is 2. The Labute approximate surface area is 180 Å². The van der Waals surface area contributed by atoms with E-state index in [-0.39, 0.29) is 29.6 Å². The number of rotatable bonds is 5. The Bertz CT molecular complexity index is 1090. The fourth-order valence-electron chi connectivity index (χ4n) is 4.18. The molecular weight excluding hydrogens is 396 g/mol. The second-order valence-electron chi connectivity index (χ2n) is 7.79. The second kappa shape index (κ2) is 8.26. The number of benzene rings is 2. The van der Waals surface area contributed by atoms with Gasteiger partial charge in [-0.3, -0.25) is 19.3 Å². The van der Waals surface area contributed by atoms with Crippen molar-refractivity contribution in [3.05, 3.63) is 59.7 Å². The summed E-state index contributed by atoms with van der Waals surface area (Å²) in [6, 6.07) is 11.6. The van der Waals surface area contributed by atoms with Crippen LogP contribution in [0.2, 0.25) is 0 Å². The van der Waals surface area contributed by atoms with Gasteiger partial charge in [-0.05, 0) is 50.1 Å². The van der Waals surface area contributed by atoms with Gasteiger partial charge >= 0.3 is 0 Å². The number of imide groups is 1. The third-order valence-electron chi connectivity index (χ3n) is 5.84. The number of hydrogen-bond acceptors (Lipinski definition) is 5. The van der Waals surface area contributed by atoms with Crippen LogP contribution in [0.3, 0.4) is 0 Å². The smallest absolute Gasteiger partial charge is 0.255 e. The average Bonchev–Trinajstić information content (AvgIpc) is 3.03. The first-order chi connectivity index (χ1) is 14.9. The molecule has 0 saturated carbocycles. The number of ether oxygens (including phenoxy) is 2. The molecule has 1 heterocycles. The first-order valence-corrected chi connectivity index (χ1v) is 10.1. The molecule has 7 heteroatoms. The molecule has 2 aromatic carbocycles. The molecule has 1 N–H and O–H groups in total. The monoisotopic (exact) mass is 420 g/mol. The SMILES string of the molecule is COc1ccc(OC)c(NC(=O)c2cccc(N3C(=O)[C@H]4CC=C(C)C[C@H]4C3=O)c2)c1. The van der Waals surface area contributed by atoms with Crippen molar-refractivity contribution >= 4 is 29.1 Å². The van der Waals surface area contributed by atoms with E-state index in [0.717, 1.165) is 5.57 Å². The van der Waals surface area contributed by atoms with Crippen LogP contribution in [-0.2, 0) is 9.59 Å². The minimum absolute atomic E-state index is 0.200. The molecular formula is C24H24N2O5. The molecule has 0 unspecified atom stereocenters. The van der Waals surface area contributed by atoms with Gasteiger partial charge in [0.1, 0.15) is 11.5 Å². The second-order valence-corrected chi connectivity index (χ2v) is 7.79. The number of allylic oxidation sites excluding steroid dienone is 2. The van der Waals surface area contributed by atoms with E-state index in [2.05, 4.69) is 5.32 Å². The largest absolute Gasteiger partial charge is 0.497 e. The molecule has 2 aliphatic rings. The van der Waals surface area contributed by atoms with Gasteiger partial charge in [0.05, 0.1) is 37.4 Å². The Morgan fingerprint density at radius 1 is 1.03 bits per heavy atom. The molecule has 0 bridgehead atoms. The van der Waals surface area contributed by atoms with E-state index in [4.69, 9.17) is 9.47 Å². The Morgan fingerprint density at radius 2 is 1.81 bits per heavy atom. The van der Waals surface area contributed by atoms with Gasteiger partial charge in [-0.2, -0.15) is 0 Å². The summed E-state index contributed by atoms with van der Waals surface area (Å²) >= 11 is 0. The van der Waals surface area contributed by atoms with Crippen LogP contribution in [-0.4, -0.2) is 31.9 Å². The molecule has 3 amide bonds. The molecule has 0 spiro atoms. The summed E-state index contributed by atoms with van der Waals surface area (Å²) in [4.78, 5) is 40.0. The summed E-state index contributed by atoms with van der Waals surface area (Å²) in [7, 11) is 3.05. The molecule has 0 aromatic heterocycles. The van der Waals surface area contributed by atoms with Gasteiger partial charge in [0.25, 0.3) is 5.91 Å². The first-order valence-electron chi connectivity index (χ1n) is 10.1. The van der Waals surface area contributed by atoms with Gasteiger partial charge < -0.3 is 14.8 Å². The summed E-state index contributed by atoms with van der Waals surface area (Å²) in [6.07, 6.45) is 3.20. The quantitative estimate of drug-likeness (QED) is 0.587. The first kappa shape index (κ1) is 20.7. The Morgan fingerprint density at radius 3 is 2.55 bits per heavy atom. The lowest BCUT2D eigenvalue weighted by atomic mass is 9.82. The van der Waals surface area contributed by atoms with Crippen LogP contribution in [0.15, 0.2) is 54.1 Å². The van der Waals surface area contributed by atoms with E-state index in [1.165, 1.54) is 19.1 Å². The number of nitrogens with zero attached hydrogens (tertiary/aromatic N) is 1. The van der Waals surface area contributed by atoms with Gasteiger partial charge in [0.2, 0.25) is 11.8 Å². The van der Waals surface area contributed by atoms with Crippen molar-refractivity contribution in [3.8, 4) is 11.5 Å². The number of amides is 3. The summed E-state index contributed by atoms with van der Waals surface area (Å²) in [5.74, 6) is -0.375. The highest BCUT2D eigenvalue weighted by molar-refractivity contribution is 6.22. The Kier molecular flexibility index (Phi) is 5.50. The third kappa shape index (κ3) is 3.79. The van der Waals surface area contributed by atoms with E-state index in [0.29, 0.717) is 41.3 Å². The molecule has 1 aliphatic carbocycles. The summed E-state index contributed by atoms with van der Waals surface area (Å²) < 4.78 is 10.5. The minimum atomic E-state index is -0.387. The lowest BCUT2D eigenvalue weighted by Gasteiger charge is -2.18. The fraction of sp³-hybridized carbons (Fsp3) is 0.292. The lowest BCUT2D eigenvalue weighted by molar-refractivity contribution is -0.122. The van der Waals surface area contributed by atoms with Crippen molar-refractivity contribution < 1.29 is 23.9 Å². The number of fused-ring (bicyclic) bond motifs is 1. The van der Waals surface area contributed by atoms with E-state index in [1.54, 1.807) is 42.5 Å². The fourth-order valence-corrected chi connectivity index (χ4v) is 4.18. The molecule has 2 atom stereocenters. The van der Waals surface area contributed by atoms with Crippen molar-refractivity contribution in [2.45, 2.75) is 19.8 Å². The highest BCUT2D eigenvalue weighted by Gasteiger charge is 2.48. The van der Waals surface area contributed by atoms with Gasteiger partial charge in [-0.15, -0.1) is 0 Å². The zero-order chi connectivity index (χ0) is 22.1. The number of nitrogens with one attached hydrogen (secondary N) is 1. The van der Waals surface area contributed by atoms with Crippen molar-refractivity contribution in [3.63, 3.8) is 0 Å². The predicted molar refractivity (Wildman–Crippen MR) is 116 cm³/mol. The van der Waals surface area contributed by atoms with Gasteiger partial charge in [0.15, 0.2) is 0 Å². The van der Waals surface area contributed by atoms with Crippen molar-refractivity contribution in [1.82, 2.24) is 0 Å². The van der Waals surface area contributed by atoms with Crippen molar-refractivity contribution in [2.75, 3.05) is 24.4 Å². The van der Waals surface area contributed by atoms with Gasteiger partial charge in [-0.1, -0.05) is 17.7 Å². The molecule has 1 fully saturated rings. The van der Waals surface area contributed by atoms with E-state index in [1.807, 2.05) is 13.0 Å². The molecule has 2 aromatic rings. The molecule has 1 aliphatic heterocycles. The molecule has 1 saturated heterocycles. The molecule has 160 valence electrons. The standard InChI is InChI=1S/C24H24N2O5/c1-14-7-9-18-19(11-14)24(29)26(23(18)28)16-6-4-5-15(12-16)22(27)25-20-13-17(30-2)8-10-21(20)31-3/h4-8,10,12-13,18-19H,9,11H2,1-3H3,(H,25,27)/t18-,19+/m0/s1. The zero-order valence-corrected chi connectivity index (χ0v) is 17.7. The van der Waals surface area contributed by atoms with Gasteiger partial charge in [0, 0.05) is 11.6 Å². The summed E-state index contributed by atoms with van der Waals surface area (Å²) in [6.45, 7) is 1.98. The summed E-state index contributed by atoms with van der Waals surface area (Å²) in [5, 5.41) is 2.81. The predicted octanol–water partition coefficient (Wildman–Crippen LogP) is 3.80. The maximum atomic E-state index is 13.0. The number of methoxy groups -OCH3 is 2. The average molecular weight is 420 g/mol. The Balaban J connectivity index is 1.59. The van der Waals surface area contributed by atoms with Crippen LogP contribution in [0.4, 0.5) is 11.4 Å². The Hall–Kier alpha value is -3.61. The lowest BCUT2D eigenvalue weighted by Crippen LogP contribution is -2.31. The highest BCUT2D eigenvalue weighted by Crippen LogP contribution is 2.40. The van der Waals surface area contributed by atoms with Gasteiger partial charge in [-0.25, -0.2) is 0 Å². The molecule has 7 nitrogen and oxygen atoms in total. The van der Waals surface area contributed by atoms with E-state index in [9.17, 15) is 14.4 Å². The number of hydrogen-bond donors (Lipinski definition) is 1. The third-order valence-corrected chi connectivity index (χ3v) is 5.84. The van der Waals surface area contributed by atoms with Crippen LogP contribution >= 0.6 is 0 Å². The zero-order valence-electron chi connectivity index (χ0n) is 17.7. The normalized spacial score (nSPS) is 20.2. The summed E-state index contributed by atoms with van der Waals surface area (Å²) in [5.41, 5.74) is 2.32. The van der Waals surface area contributed by atoms with Crippen molar-refractivity contribution in [1.29, 1.82) is 0 Å². The van der Waals surface area contributed by atoms with Crippen LogP contribution in [0, 0.1) is 11.8 Å². The van der Waals surface area contributed by atoms with Crippen LogP contribution < -0.4 is 19.7 Å². The number of carbonyl (C=O) groups is 3. The maximum Gasteiger partial charge on any atom is 0.255 e. The molecule has 0 radical (unpaired) electrons. The van der Waals surface area contributed by atoms with Crippen LogP contribution in [0.1, 0.15) is 30.1 Å². The molecule has 31 heavy (non-hydrogen) atoms. The topological polar surface area (TPSA) is 84.9 Å². The number of carbonyl (C=O) groups excluding carboxylic acids is 3. The van der Waals surface area contributed by atoms with E-state index >= 15 is 0 Å². The van der Waals surface area contributed by atoms with E-state index < -0.39 is 0 Å². The van der Waals surface area contributed by atoms with Crippen LogP contribution in [0.5, 0.6) is 11.5 Å². The minimum Gasteiger partial charge on any atom is -0.497 e. The maximum absolute atomic E-state index is 13.0. The highest BCUT2D eigenvalue weighted by atomic mass is 16.5. The van der Waals surface area contributed by atoms with Crippen LogP contribution in [0.25, 0.3) is 0 Å². The molecule has 4 rings (SSSR count).